The lowest BCUT2D eigenvalue weighted by Gasteiger charge is -2.12. The summed E-state index contributed by atoms with van der Waals surface area (Å²) >= 11 is 0. The van der Waals surface area contributed by atoms with Crippen molar-refractivity contribution in [2.45, 2.75) is 13.0 Å². The van der Waals surface area contributed by atoms with Crippen molar-refractivity contribution in [3.63, 3.8) is 0 Å². The van der Waals surface area contributed by atoms with Crippen LogP contribution >= 0.6 is 0 Å². The van der Waals surface area contributed by atoms with Crippen molar-refractivity contribution in [3.8, 4) is 16.9 Å². The van der Waals surface area contributed by atoms with Crippen molar-refractivity contribution in [1.82, 2.24) is 10.9 Å². The SMILES string of the molecule is CC(/C=C/c1ccccc1)Nc1ccc(-c2ccoc2C(=O)NNC(=O)c2ccc(O)c([N+](=O)[O-])c2)cc1. The summed E-state index contributed by atoms with van der Waals surface area (Å²) in [5.74, 6) is -2.12. The first-order valence-electron chi connectivity index (χ1n) is 11.6. The minimum absolute atomic E-state index is 0.0261. The summed E-state index contributed by atoms with van der Waals surface area (Å²) < 4.78 is 5.34. The van der Waals surface area contributed by atoms with Gasteiger partial charge >= 0.3 is 11.6 Å². The van der Waals surface area contributed by atoms with Gasteiger partial charge in [0.25, 0.3) is 5.91 Å². The molecule has 10 heteroatoms. The van der Waals surface area contributed by atoms with E-state index in [0.717, 1.165) is 28.9 Å². The Bertz CT molecular complexity index is 1480. The summed E-state index contributed by atoms with van der Waals surface area (Å²) in [5.41, 5.74) is 6.92. The van der Waals surface area contributed by atoms with Crippen molar-refractivity contribution in [2.75, 3.05) is 5.32 Å². The second-order valence-electron chi connectivity index (χ2n) is 8.31. The monoisotopic (exact) mass is 512 g/mol. The molecule has 0 spiro atoms. The van der Waals surface area contributed by atoms with Crippen molar-refractivity contribution in [3.05, 3.63) is 118 Å². The van der Waals surface area contributed by atoms with E-state index in [1.807, 2.05) is 67.6 Å². The number of nitro groups is 1. The van der Waals surface area contributed by atoms with Gasteiger partial charge in [-0.15, -0.1) is 0 Å². The van der Waals surface area contributed by atoms with E-state index >= 15 is 0 Å². The zero-order chi connectivity index (χ0) is 27.1. The number of carbonyl (C=O) groups is 2. The Kier molecular flexibility index (Phi) is 7.83. The second-order valence-corrected chi connectivity index (χ2v) is 8.31. The van der Waals surface area contributed by atoms with Crippen LogP contribution in [0.4, 0.5) is 11.4 Å². The number of hydrazine groups is 1. The lowest BCUT2D eigenvalue weighted by atomic mass is 10.1. The summed E-state index contributed by atoms with van der Waals surface area (Å²) in [6.07, 6.45) is 5.47. The highest BCUT2D eigenvalue weighted by Crippen LogP contribution is 2.27. The van der Waals surface area contributed by atoms with E-state index in [2.05, 4.69) is 22.2 Å². The van der Waals surface area contributed by atoms with Gasteiger partial charge in [-0.1, -0.05) is 54.6 Å². The minimum atomic E-state index is -0.817. The number of benzene rings is 3. The average Bonchev–Trinajstić information content (AvgIpc) is 3.42. The molecule has 4 aromatic rings. The first-order valence-corrected chi connectivity index (χ1v) is 11.6. The topological polar surface area (TPSA) is 147 Å². The zero-order valence-electron chi connectivity index (χ0n) is 20.3. The van der Waals surface area contributed by atoms with E-state index in [1.54, 1.807) is 6.07 Å². The smallest absolute Gasteiger partial charge is 0.311 e. The van der Waals surface area contributed by atoms with E-state index in [9.17, 15) is 24.8 Å². The number of furan rings is 1. The van der Waals surface area contributed by atoms with Crippen LogP contribution in [0.1, 0.15) is 33.4 Å². The maximum atomic E-state index is 12.7. The van der Waals surface area contributed by atoms with Crippen LogP contribution < -0.4 is 16.2 Å². The Morgan fingerprint density at radius 1 is 0.974 bits per heavy atom. The number of hydrogen-bond acceptors (Lipinski definition) is 7. The van der Waals surface area contributed by atoms with E-state index in [-0.39, 0.29) is 17.4 Å². The third-order valence-corrected chi connectivity index (χ3v) is 5.56. The fourth-order valence-corrected chi connectivity index (χ4v) is 3.64. The van der Waals surface area contributed by atoms with Crippen molar-refractivity contribution < 1.29 is 24.0 Å². The molecule has 1 unspecified atom stereocenters. The molecule has 0 fully saturated rings. The lowest BCUT2D eigenvalue weighted by Crippen LogP contribution is -2.41. The van der Waals surface area contributed by atoms with Gasteiger partial charge in [0, 0.05) is 28.9 Å². The van der Waals surface area contributed by atoms with Gasteiger partial charge in [0.1, 0.15) is 0 Å². The Labute approximate surface area is 217 Å². The van der Waals surface area contributed by atoms with Crippen LogP contribution in [0.15, 0.2) is 95.6 Å². The number of anilines is 1. The molecule has 0 radical (unpaired) electrons. The van der Waals surface area contributed by atoms with Crippen molar-refractivity contribution >= 4 is 29.3 Å². The standard InChI is InChI=1S/C28H24N4O6/c1-18(7-8-19-5-3-2-4-6-19)29-22-12-9-20(10-13-22)23-15-16-38-26(23)28(35)31-30-27(34)21-11-14-25(33)24(17-21)32(36)37/h2-18,29,33H,1H3,(H,30,34)(H,31,35)/b8-7+. The highest BCUT2D eigenvalue weighted by Gasteiger charge is 2.20. The van der Waals surface area contributed by atoms with Gasteiger partial charge in [0.2, 0.25) is 5.76 Å². The van der Waals surface area contributed by atoms with Crippen LogP contribution in [0.2, 0.25) is 0 Å². The molecular weight excluding hydrogens is 488 g/mol. The predicted octanol–water partition coefficient (Wildman–Crippen LogP) is 5.15. The van der Waals surface area contributed by atoms with Gasteiger partial charge in [0.15, 0.2) is 5.75 Å². The summed E-state index contributed by atoms with van der Waals surface area (Å²) in [7, 11) is 0. The van der Waals surface area contributed by atoms with Gasteiger partial charge in [0.05, 0.1) is 11.2 Å². The van der Waals surface area contributed by atoms with E-state index in [4.69, 9.17) is 4.42 Å². The highest BCUT2D eigenvalue weighted by molar-refractivity contribution is 6.01. The third-order valence-electron chi connectivity index (χ3n) is 5.56. The zero-order valence-corrected chi connectivity index (χ0v) is 20.3. The van der Waals surface area contributed by atoms with E-state index in [0.29, 0.717) is 5.56 Å². The number of nitrogens with one attached hydrogen (secondary N) is 3. The first-order chi connectivity index (χ1) is 18.3. The number of phenols is 1. The predicted molar refractivity (Wildman–Crippen MR) is 142 cm³/mol. The molecule has 0 bridgehead atoms. The number of hydrogen-bond donors (Lipinski definition) is 4. The fraction of sp³-hybridized carbons (Fsp3) is 0.0714. The quantitative estimate of drug-likeness (QED) is 0.189. The average molecular weight is 513 g/mol. The van der Waals surface area contributed by atoms with Gasteiger partial charge in [-0.2, -0.15) is 0 Å². The largest absolute Gasteiger partial charge is 0.502 e. The molecular formula is C28H24N4O6. The van der Waals surface area contributed by atoms with Crippen LogP contribution in [-0.4, -0.2) is 27.9 Å². The maximum Gasteiger partial charge on any atom is 0.311 e. The molecule has 0 saturated carbocycles. The molecule has 1 aromatic heterocycles. The molecule has 0 aliphatic rings. The van der Waals surface area contributed by atoms with E-state index in [1.165, 1.54) is 12.3 Å². The Morgan fingerprint density at radius 3 is 2.39 bits per heavy atom. The normalized spacial score (nSPS) is 11.6. The molecule has 1 heterocycles. The van der Waals surface area contributed by atoms with Gasteiger partial charge in [-0.05, 0) is 48.4 Å². The summed E-state index contributed by atoms with van der Waals surface area (Å²) in [4.78, 5) is 35.2. The summed E-state index contributed by atoms with van der Waals surface area (Å²) in [5, 5.41) is 23.9. The van der Waals surface area contributed by atoms with Crippen LogP contribution in [0, 0.1) is 10.1 Å². The van der Waals surface area contributed by atoms with Crippen LogP contribution in [0.25, 0.3) is 17.2 Å². The maximum absolute atomic E-state index is 12.7. The number of carbonyl (C=O) groups excluding carboxylic acids is 2. The Morgan fingerprint density at radius 2 is 1.68 bits per heavy atom. The fourth-order valence-electron chi connectivity index (χ4n) is 3.64. The molecule has 0 aliphatic heterocycles. The molecule has 2 amide bonds. The van der Waals surface area contributed by atoms with Crippen LogP contribution in [0.5, 0.6) is 5.75 Å². The Hall–Kier alpha value is -5.38. The first kappa shape index (κ1) is 25.7. The molecule has 4 rings (SSSR count). The Balaban J connectivity index is 1.38. The van der Waals surface area contributed by atoms with Crippen LogP contribution in [0.3, 0.4) is 0 Å². The van der Waals surface area contributed by atoms with Gasteiger partial charge in [-0.3, -0.25) is 30.6 Å². The number of amides is 2. The lowest BCUT2D eigenvalue weighted by molar-refractivity contribution is -0.385. The third kappa shape index (κ3) is 6.24. The number of nitro benzene ring substituents is 1. The van der Waals surface area contributed by atoms with Crippen molar-refractivity contribution in [2.24, 2.45) is 0 Å². The minimum Gasteiger partial charge on any atom is -0.502 e. The highest BCUT2D eigenvalue weighted by atomic mass is 16.6. The number of aromatic hydroxyl groups is 1. The summed E-state index contributed by atoms with van der Waals surface area (Å²) in [6, 6.07) is 22.3. The summed E-state index contributed by atoms with van der Waals surface area (Å²) in [6.45, 7) is 2.04. The van der Waals surface area contributed by atoms with E-state index < -0.39 is 28.2 Å². The molecule has 192 valence electrons. The number of nitrogens with zero attached hydrogens (tertiary/aromatic N) is 1. The molecule has 4 N–H and O–H groups in total. The molecule has 1 atom stereocenters. The van der Waals surface area contributed by atoms with Gasteiger partial charge in [-0.25, -0.2) is 0 Å². The molecule has 0 aliphatic carbocycles. The van der Waals surface area contributed by atoms with Gasteiger partial charge < -0.3 is 14.8 Å². The molecule has 3 aromatic carbocycles. The second kappa shape index (κ2) is 11.6. The van der Waals surface area contributed by atoms with Crippen molar-refractivity contribution in [1.29, 1.82) is 0 Å². The van der Waals surface area contributed by atoms with Crippen LogP contribution in [-0.2, 0) is 0 Å². The molecule has 38 heavy (non-hydrogen) atoms. The molecule has 10 nitrogen and oxygen atoms in total. The molecule has 0 saturated heterocycles. The number of rotatable bonds is 8. The number of phenolic OH excluding ortho intramolecular Hbond substituents is 1.